The summed E-state index contributed by atoms with van der Waals surface area (Å²) in [4.78, 5) is 16.6. The van der Waals surface area contributed by atoms with Gasteiger partial charge in [0, 0.05) is 38.7 Å². The van der Waals surface area contributed by atoms with E-state index in [1.54, 1.807) is 45.9 Å². The zero-order chi connectivity index (χ0) is 14.4. The number of rotatable bonds is 2. The van der Waals surface area contributed by atoms with E-state index in [2.05, 4.69) is 4.98 Å². The molecule has 0 amide bonds. The molecule has 2 rings (SSSR count). The topological polar surface area (TPSA) is 68.3 Å². The van der Waals surface area contributed by atoms with Crippen molar-refractivity contribution in [3.05, 3.63) is 34.0 Å². The Hall–Kier alpha value is -1.98. The van der Waals surface area contributed by atoms with Crippen LogP contribution in [0.4, 0.5) is 0 Å². The number of methoxy groups -OCH3 is 1. The van der Waals surface area contributed by atoms with Gasteiger partial charge in [-0.3, -0.25) is 0 Å². The summed E-state index contributed by atoms with van der Waals surface area (Å²) in [6.07, 6.45) is 0. The van der Waals surface area contributed by atoms with Gasteiger partial charge in [0.15, 0.2) is 0 Å². The smallest absolute Gasteiger partial charge is 0.523 e. The van der Waals surface area contributed by atoms with Crippen LogP contribution in [-0.4, -0.2) is 38.5 Å². The van der Waals surface area contributed by atoms with Gasteiger partial charge in [-0.05, 0) is 6.07 Å². The van der Waals surface area contributed by atoms with Crippen molar-refractivity contribution < 1.29 is 14.2 Å². The average Bonchev–Trinajstić information content (AvgIpc) is 2.49. The lowest BCUT2D eigenvalue weighted by Gasteiger charge is -2.22. The molecule has 0 radical (unpaired) electrons. The van der Waals surface area contributed by atoms with Gasteiger partial charge >= 0.3 is 5.84 Å². The van der Waals surface area contributed by atoms with E-state index in [4.69, 9.17) is 4.74 Å². The van der Waals surface area contributed by atoms with Crippen LogP contribution in [0.15, 0.2) is 18.2 Å². The number of nitroso groups, excluding NO2 is 1. The maximum absolute atomic E-state index is 12.4. The molecule has 102 valence electrons. The van der Waals surface area contributed by atoms with E-state index in [0.717, 1.165) is 9.50 Å². The SMILES string of the molecule is COc1cccc(C2=[N+]([O-])C(C)(C)C(C)(C)[N+]2=O)n1. The summed E-state index contributed by atoms with van der Waals surface area (Å²) in [6.45, 7) is 6.99. The predicted octanol–water partition coefficient (Wildman–Crippen LogP) is 1.70. The van der Waals surface area contributed by atoms with Gasteiger partial charge in [0.05, 0.1) is 7.11 Å². The molecular weight excluding hydrogens is 246 g/mol. The Bertz CT molecular complexity index is 576. The molecule has 0 aromatic carbocycles. The van der Waals surface area contributed by atoms with E-state index < -0.39 is 11.1 Å². The fraction of sp³-hybridized carbons (Fsp3) is 0.538. The Morgan fingerprint density at radius 3 is 2.32 bits per heavy atom. The van der Waals surface area contributed by atoms with Crippen LogP contribution in [0.1, 0.15) is 33.4 Å². The molecule has 2 heterocycles. The first-order chi connectivity index (χ1) is 8.73. The molecule has 0 spiro atoms. The summed E-state index contributed by atoms with van der Waals surface area (Å²) >= 11 is 0. The second kappa shape index (κ2) is 4.01. The molecule has 0 bridgehead atoms. The number of hydrogen-bond acceptors (Lipinski definition) is 4. The zero-order valence-electron chi connectivity index (χ0n) is 11.8. The second-order valence-corrected chi connectivity index (χ2v) is 5.60. The molecule has 0 fully saturated rings. The largest absolute Gasteiger partial charge is 0.618 e. The van der Waals surface area contributed by atoms with Crippen molar-refractivity contribution in [2.75, 3.05) is 7.11 Å². The summed E-state index contributed by atoms with van der Waals surface area (Å²) in [6, 6.07) is 5.00. The third-order valence-corrected chi connectivity index (χ3v) is 4.06. The molecule has 1 aliphatic heterocycles. The van der Waals surface area contributed by atoms with Gasteiger partial charge in [0.1, 0.15) is 4.76 Å². The fourth-order valence-corrected chi connectivity index (χ4v) is 1.97. The highest BCUT2D eigenvalue weighted by molar-refractivity contribution is 5.87. The van der Waals surface area contributed by atoms with Crippen LogP contribution in [0, 0.1) is 10.1 Å². The summed E-state index contributed by atoms with van der Waals surface area (Å²) in [5, 5.41) is 12.4. The highest BCUT2D eigenvalue weighted by Crippen LogP contribution is 2.34. The van der Waals surface area contributed by atoms with Gasteiger partial charge in [-0.1, -0.05) is 6.07 Å². The first-order valence-corrected chi connectivity index (χ1v) is 6.06. The van der Waals surface area contributed by atoms with Crippen molar-refractivity contribution in [2.24, 2.45) is 0 Å². The minimum Gasteiger partial charge on any atom is -0.618 e. The maximum atomic E-state index is 12.4. The minimum atomic E-state index is -0.838. The predicted molar refractivity (Wildman–Crippen MR) is 70.3 cm³/mol. The highest BCUT2D eigenvalue weighted by Gasteiger charge is 2.68. The maximum Gasteiger partial charge on any atom is 0.523 e. The standard InChI is InChI=1S/C13H18N3O3/c1-12(2)13(3,4)16(18)11(15(12)17)9-7-6-8-10(14-9)19-5/h6-8H,1-5H3/q+1. The Kier molecular flexibility index (Phi) is 2.84. The highest BCUT2D eigenvalue weighted by atomic mass is 16.5. The normalized spacial score (nSPS) is 20.8. The Morgan fingerprint density at radius 2 is 1.84 bits per heavy atom. The van der Waals surface area contributed by atoms with Crippen molar-refractivity contribution in [3.8, 4) is 5.88 Å². The van der Waals surface area contributed by atoms with Crippen molar-refractivity contribution in [2.45, 2.75) is 38.8 Å². The molecule has 0 saturated carbocycles. The van der Waals surface area contributed by atoms with Crippen molar-refractivity contribution in [1.29, 1.82) is 0 Å². The molecule has 0 saturated heterocycles. The molecule has 0 unspecified atom stereocenters. The zero-order valence-corrected chi connectivity index (χ0v) is 11.8. The van der Waals surface area contributed by atoms with Crippen LogP contribution in [-0.2, 0) is 0 Å². The van der Waals surface area contributed by atoms with Crippen LogP contribution in [0.25, 0.3) is 0 Å². The number of amidine groups is 1. The summed E-state index contributed by atoms with van der Waals surface area (Å²) < 4.78 is 6.50. The van der Waals surface area contributed by atoms with Gasteiger partial charge in [0.2, 0.25) is 17.1 Å². The third-order valence-electron chi connectivity index (χ3n) is 4.06. The Morgan fingerprint density at radius 1 is 1.21 bits per heavy atom. The average molecular weight is 264 g/mol. The lowest BCUT2D eigenvalue weighted by molar-refractivity contribution is -0.555. The Labute approximate surface area is 111 Å². The van der Waals surface area contributed by atoms with Crippen LogP contribution in [0.5, 0.6) is 5.88 Å². The first kappa shape index (κ1) is 13.5. The van der Waals surface area contributed by atoms with E-state index in [9.17, 15) is 10.1 Å². The molecule has 1 aliphatic rings. The van der Waals surface area contributed by atoms with Crippen LogP contribution < -0.4 is 4.74 Å². The minimum absolute atomic E-state index is 0.0221. The van der Waals surface area contributed by atoms with Crippen LogP contribution in [0.3, 0.4) is 0 Å². The van der Waals surface area contributed by atoms with Gasteiger partial charge in [-0.25, -0.2) is 0 Å². The molecule has 0 atom stereocenters. The summed E-state index contributed by atoms with van der Waals surface area (Å²) in [7, 11) is 1.49. The fourth-order valence-electron chi connectivity index (χ4n) is 1.97. The number of aromatic nitrogens is 1. The van der Waals surface area contributed by atoms with Crippen molar-refractivity contribution in [3.63, 3.8) is 0 Å². The monoisotopic (exact) mass is 264 g/mol. The quantitative estimate of drug-likeness (QED) is 0.602. The third kappa shape index (κ3) is 1.70. The molecule has 19 heavy (non-hydrogen) atoms. The number of hydrogen-bond donors (Lipinski definition) is 0. The summed E-state index contributed by atoms with van der Waals surface area (Å²) in [5.74, 6) is 0.392. The van der Waals surface area contributed by atoms with Gasteiger partial charge in [-0.2, -0.15) is 4.98 Å². The van der Waals surface area contributed by atoms with Crippen LogP contribution in [0.2, 0.25) is 0 Å². The van der Waals surface area contributed by atoms with Gasteiger partial charge < -0.3 is 9.94 Å². The molecule has 0 N–H and O–H groups in total. The van der Waals surface area contributed by atoms with Gasteiger partial charge in [0.25, 0.3) is 5.54 Å². The number of pyridine rings is 1. The van der Waals surface area contributed by atoms with E-state index in [1.807, 2.05) is 0 Å². The van der Waals surface area contributed by atoms with E-state index >= 15 is 0 Å². The molecular formula is C13H18N3O3+. The summed E-state index contributed by atoms with van der Waals surface area (Å²) in [5.41, 5.74) is -1.35. The molecule has 0 aliphatic carbocycles. The molecule has 6 heteroatoms. The second-order valence-electron chi connectivity index (χ2n) is 5.60. The van der Waals surface area contributed by atoms with Crippen LogP contribution >= 0.6 is 0 Å². The van der Waals surface area contributed by atoms with Crippen molar-refractivity contribution in [1.82, 2.24) is 4.98 Å². The van der Waals surface area contributed by atoms with E-state index in [0.29, 0.717) is 11.6 Å². The molecule has 1 aromatic heterocycles. The van der Waals surface area contributed by atoms with Crippen molar-refractivity contribution >= 4 is 5.84 Å². The molecule has 6 nitrogen and oxygen atoms in total. The number of ether oxygens (including phenoxy) is 1. The Balaban J connectivity index is 2.62. The number of nitrogens with zero attached hydrogens (tertiary/aromatic N) is 3. The van der Waals surface area contributed by atoms with E-state index in [1.165, 1.54) is 7.11 Å². The first-order valence-electron chi connectivity index (χ1n) is 6.06. The lowest BCUT2D eigenvalue weighted by Crippen LogP contribution is -2.50. The lowest BCUT2D eigenvalue weighted by atomic mass is 9.84. The van der Waals surface area contributed by atoms with Gasteiger partial charge in [-0.15, -0.1) is 4.74 Å². The van der Waals surface area contributed by atoms with E-state index in [-0.39, 0.29) is 5.84 Å². The molecule has 1 aromatic rings. The number of hydroxylamine groups is 1.